The van der Waals surface area contributed by atoms with E-state index < -0.39 is 22.0 Å². The van der Waals surface area contributed by atoms with Crippen LogP contribution in [0.2, 0.25) is 0 Å². The van der Waals surface area contributed by atoms with E-state index in [2.05, 4.69) is 16.9 Å². The van der Waals surface area contributed by atoms with Crippen LogP contribution in [0.5, 0.6) is 0 Å². The summed E-state index contributed by atoms with van der Waals surface area (Å²) in [5.41, 5.74) is 1.99. The number of nitrogens with one attached hydrogen (secondary N) is 1. The fraction of sp³-hybridized carbons (Fsp3) is 0.167. The van der Waals surface area contributed by atoms with Gasteiger partial charge in [0.15, 0.2) is 0 Å². The number of fused-ring (bicyclic) bond motifs is 4. The summed E-state index contributed by atoms with van der Waals surface area (Å²) in [6, 6.07) is 17.8. The first-order chi connectivity index (χ1) is 15.7. The normalized spacial score (nSPS) is 13.3. The van der Waals surface area contributed by atoms with E-state index >= 15 is 0 Å². The molecule has 3 aromatic carbocycles. The van der Waals surface area contributed by atoms with Gasteiger partial charge >= 0.3 is 5.97 Å². The van der Waals surface area contributed by atoms with Gasteiger partial charge in [-0.25, -0.2) is 13.4 Å². The third kappa shape index (κ3) is 4.02. The van der Waals surface area contributed by atoms with Crippen LogP contribution in [0.1, 0.15) is 13.8 Å². The van der Waals surface area contributed by atoms with Crippen LogP contribution < -0.4 is 4.72 Å². The number of carboxylic acids is 1. The first kappa shape index (κ1) is 22.0. The summed E-state index contributed by atoms with van der Waals surface area (Å²) >= 11 is 3.23. The Morgan fingerprint density at radius 3 is 2.45 bits per heavy atom. The molecule has 0 aliphatic carbocycles. The molecule has 0 aliphatic rings. The van der Waals surface area contributed by atoms with E-state index in [0.29, 0.717) is 0 Å². The van der Waals surface area contributed by atoms with Crippen LogP contribution in [0.3, 0.4) is 0 Å². The predicted octanol–water partition coefficient (Wildman–Crippen LogP) is 5.72. The molecule has 0 aliphatic heterocycles. The SMILES string of the molecule is CC(C)[C@@H](NS(=O)(=O)c1ccc2sc3cc(-c4nc5ccccc5s4)ccc3c2c1)C(=O)O. The van der Waals surface area contributed by atoms with Gasteiger partial charge in [-0.15, -0.1) is 22.7 Å². The fourth-order valence-corrected chi connectivity index (χ4v) is 7.21. The molecule has 0 bridgehead atoms. The summed E-state index contributed by atoms with van der Waals surface area (Å²) in [6.45, 7) is 3.33. The number of nitrogens with zero attached hydrogens (tertiary/aromatic N) is 1. The Morgan fingerprint density at radius 2 is 1.73 bits per heavy atom. The van der Waals surface area contributed by atoms with Crippen molar-refractivity contribution >= 4 is 69.1 Å². The van der Waals surface area contributed by atoms with Gasteiger partial charge in [-0.2, -0.15) is 4.72 Å². The third-order valence-electron chi connectivity index (χ3n) is 5.51. The Labute approximate surface area is 198 Å². The Hall–Kier alpha value is -2.85. The molecule has 6 nitrogen and oxygen atoms in total. The van der Waals surface area contributed by atoms with Gasteiger partial charge in [0.25, 0.3) is 0 Å². The second-order valence-corrected chi connectivity index (χ2v) is 12.0. The molecular weight excluding hydrogens is 476 g/mol. The molecule has 0 fully saturated rings. The molecule has 1 atom stereocenters. The molecule has 0 saturated carbocycles. The molecule has 5 rings (SSSR count). The second kappa shape index (κ2) is 8.18. The number of carboxylic acid groups (broad SMARTS) is 1. The molecule has 0 amide bonds. The number of carbonyl (C=O) groups is 1. The average Bonchev–Trinajstić information content (AvgIpc) is 3.37. The van der Waals surface area contributed by atoms with E-state index in [9.17, 15) is 18.3 Å². The number of hydrogen-bond acceptors (Lipinski definition) is 6. The maximum Gasteiger partial charge on any atom is 0.322 e. The number of hydrogen-bond donors (Lipinski definition) is 2. The van der Waals surface area contributed by atoms with E-state index in [1.807, 2.05) is 30.3 Å². The Morgan fingerprint density at radius 1 is 0.939 bits per heavy atom. The number of rotatable bonds is 6. The zero-order valence-corrected chi connectivity index (χ0v) is 20.2. The lowest BCUT2D eigenvalue weighted by Crippen LogP contribution is -2.44. The summed E-state index contributed by atoms with van der Waals surface area (Å²) in [4.78, 5) is 16.3. The fourth-order valence-electron chi connectivity index (χ4n) is 3.76. The van der Waals surface area contributed by atoms with Crippen LogP contribution in [-0.4, -0.2) is 30.5 Å². The molecule has 0 spiro atoms. The Kier molecular flexibility index (Phi) is 5.44. The van der Waals surface area contributed by atoms with Crippen molar-refractivity contribution in [2.45, 2.75) is 24.8 Å². The highest BCUT2D eigenvalue weighted by Gasteiger charge is 2.28. The summed E-state index contributed by atoms with van der Waals surface area (Å²) in [6.07, 6.45) is 0. The Balaban J connectivity index is 1.55. The van der Waals surface area contributed by atoms with Crippen LogP contribution in [0.25, 0.3) is 41.0 Å². The van der Waals surface area contributed by atoms with Gasteiger partial charge in [0, 0.05) is 25.7 Å². The first-order valence-electron chi connectivity index (χ1n) is 10.3. The summed E-state index contributed by atoms with van der Waals surface area (Å²) in [7, 11) is -3.99. The number of aromatic nitrogens is 1. The van der Waals surface area contributed by atoms with E-state index in [0.717, 1.165) is 41.0 Å². The predicted molar refractivity (Wildman–Crippen MR) is 135 cm³/mol. The zero-order chi connectivity index (χ0) is 23.3. The topological polar surface area (TPSA) is 96.4 Å². The molecule has 33 heavy (non-hydrogen) atoms. The minimum Gasteiger partial charge on any atom is -0.480 e. The van der Waals surface area contributed by atoms with Crippen molar-refractivity contribution in [1.82, 2.24) is 9.71 Å². The van der Waals surface area contributed by atoms with Crippen LogP contribution in [0, 0.1) is 5.92 Å². The molecule has 0 saturated heterocycles. The van der Waals surface area contributed by atoms with Crippen molar-refractivity contribution in [2.75, 3.05) is 0 Å². The number of benzene rings is 3. The van der Waals surface area contributed by atoms with Gasteiger partial charge in [0.1, 0.15) is 11.0 Å². The molecule has 0 radical (unpaired) electrons. The molecule has 2 N–H and O–H groups in total. The molecule has 0 unspecified atom stereocenters. The van der Waals surface area contributed by atoms with E-state index in [-0.39, 0.29) is 10.8 Å². The molecule has 2 heterocycles. The number of thiazole rings is 1. The average molecular weight is 497 g/mol. The Bertz CT molecular complexity index is 1600. The van der Waals surface area contributed by atoms with Gasteiger partial charge in [-0.3, -0.25) is 4.79 Å². The standard InChI is InChI=1S/C24H20N2O4S3/c1-13(2)22(24(27)28)26-33(29,30)15-8-10-19-17(12-15)16-9-7-14(11-21(16)31-19)23-25-18-5-3-4-6-20(18)32-23/h3-13,22,26H,1-2H3,(H,27,28)/t22-/m1/s1. The molecule has 168 valence electrons. The maximum atomic E-state index is 12.9. The van der Waals surface area contributed by atoms with Gasteiger partial charge in [0.2, 0.25) is 10.0 Å². The molecule has 5 aromatic rings. The lowest BCUT2D eigenvalue weighted by atomic mass is 10.1. The molecule has 9 heteroatoms. The second-order valence-electron chi connectivity index (χ2n) is 8.14. The van der Waals surface area contributed by atoms with Crippen molar-refractivity contribution in [3.8, 4) is 10.6 Å². The maximum absolute atomic E-state index is 12.9. The monoisotopic (exact) mass is 496 g/mol. The first-order valence-corrected chi connectivity index (χ1v) is 13.4. The number of aliphatic carboxylic acids is 1. The van der Waals surface area contributed by atoms with Crippen LogP contribution in [0.15, 0.2) is 65.6 Å². The van der Waals surface area contributed by atoms with Gasteiger partial charge in [0.05, 0.1) is 15.1 Å². The van der Waals surface area contributed by atoms with Crippen molar-refractivity contribution in [3.05, 3.63) is 60.7 Å². The van der Waals surface area contributed by atoms with Crippen LogP contribution in [-0.2, 0) is 14.8 Å². The largest absolute Gasteiger partial charge is 0.480 e. The van der Waals surface area contributed by atoms with E-state index in [4.69, 9.17) is 4.98 Å². The third-order valence-corrected chi connectivity index (χ3v) is 9.17. The highest BCUT2D eigenvalue weighted by atomic mass is 32.2. The zero-order valence-electron chi connectivity index (χ0n) is 17.8. The van der Waals surface area contributed by atoms with Crippen molar-refractivity contribution < 1.29 is 18.3 Å². The highest BCUT2D eigenvalue weighted by molar-refractivity contribution is 7.89. The minimum atomic E-state index is -3.99. The lowest BCUT2D eigenvalue weighted by molar-refractivity contribution is -0.140. The van der Waals surface area contributed by atoms with Crippen molar-refractivity contribution in [2.24, 2.45) is 5.92 Å². The number of thiophene rings is 1. The lowest BCUT2D eigenvalue weighted by Gasteiger charge is -2.18. The van der Waals surface area contributed by atoms with E-state index in [1.165, 1.54) is 6.07 Å². The van der Waals surface area contributed by atoms with Gasteiger partial charge in [-0.1, -0.05) is 38.1 Å². The highest BCUT2D eigenvalue weighted by Crippen LogP contribution is 2.38. The summed E-state index contributed by atoms with van der Waals surface area (Å²) < 4.78 is 31.3. The van der Waals surface area contributed by atoms with E-state index in [1.54, 1.807) is 48.7 Å². The smallest absolute Gasteiger partial charge is 0.322 e. The van der Waals surface area contributed by atoms with Gasteiger partial charge < -0.3 is 5.11 Å². The van der Waals surface area contributed by atoms with Crippen LogP contribution >= 0.6 is 22.7 Å². The number of para-hydroxylation sites is 1. The van der Waals surface area contributed by atoms with Crippen molar-refractivity contribution in [3.63, 3.8) is 0 Å². The molecule has 2 aromatic heterocycles. The minimum absolute atomic E-state index is 0.0526. The molecular formula is C24H20N2O4S3. The van der Waals surface area contributed by atoms with Crippen molar-refractivity contribution in [1.29, 1.82) is 0 Å². The quantitative estimate of drug-likeness (QED) is 0.313. The summed E-state index contributed by atoms with van der Waals surface area (Å²) in [5, 5.41) is 12.1. The summed E-state index contributed by atoms with van der Waals surface area (Å²) in [5.74, 6) is -1.58. The number of sulfonamides is 1. The van der Waals surface area contributed by atoms with Crippen LogP contribution in [0.4, 0.5) is 0 Å². The van der Waals surface area contributed by atoms with Gasteiger partial charge in [-0.05, 0) is 42.3 Å².